The summed E-state index contributed by atoms with van der Waals surface area (Å²) in [7, 11) is 0. The van der Waals surface area contributed by atoms with Gasteiger partial charge < -0.3 is 10.6 Å². The number of aryl methyl sites for hydroxylation is 1. The largest absolute Gasteiger partial charge is 0.406 e. The van der Waals surface area contributed by atoms with Gasteiger partial charge in [0.15, 0.2) is 0 Å². The molecule has 18 heavy (non-hydrogen) atoms. The first kappa shape index (κ1) is 14.3. The van der Waals surface area contributed by atoms with Crippen molar-refractivity contribution in [2.75, 3.05) is 18.8 Å². The van der Waals surface area contributed by atoms with E-state index >= 15 is 0 Å². The lowest BCUT2D eigenvalue weighted by Gasteiger charge is -2.23. The van der Waals surface area contributed by atoms with Crippen LogP contribution in [0.15, 0.2) is 18.2 Å². The molecule has 1 aromatic rings. The number of rotatable bonds is 3. The number of carbonyl (C=O) groups is 1. The van der Waals surface area contributed by atoms with Gasteiger partial charge in [-0.1, -0.05) is 11.6 Å². The molecule has 100 valence electrons. The molecule has 0 fully saturated rings. The molecule has 1 rings (SSSR count). The van der Waals surface area contributed by atoms with Gasteiger partial charge >= 0.3 is 6.18 Å². The number of alkyl halides is 3. The topological polar surface area (TPSA) is 46.3 Å². The Kier molecular flexibility index (Phi) is 4.21. The summed E-state index contributed by atoms with van der Waals surface area (Å²) < 4.78 is 37.0. The van der Waals surface area contributed by atoms with Gasteiger partial charge in [-0.25, -0.2) is 0 Å². The summed E-state index contributed by atoms with van der Waals surface area (Å²) in [6.07, 6.45) is -4.41. The average molecular weight is 260 g/mol. The summed E-state index contributed by atoms with van der Waals surface area (Å²) in [5.41, 5.74) is 6.69. The lowest BCUT2D eigenvalue weighted by molar-refractivity contribution is -0.140. The van der Waals surface area contributed by atoms with Gasteiger partial charge in [-0.3, -0.25) is 4.79 Å². The van der Waals surface area contributed by atoms with E-state index in [1.165, 1.54) is 19.1 Å². The maximum absolute atomic E-state index is 12.3. The highest BCUT2D eigenvalue weighted by molar-refractivity contribution is 5.99. The van der Waals surface area contributed by atoms with E-state index in [1.54, 1.807) is 13.0 Å². The van der Waals surface area contributed by atoms with Gasteiger partial charge in [-0.05, 0) is 26.0 Å². The highest BCUT2D eigenvalue weighted by Crippen LogP contribution is 2.20. The smallest absolute Gasteiger partial charge is 0.398 e. The number of carbonyl (C=O) groups excluding carboxylic acids is 1. The van der Waals surface area contributed by atoms with Crippen molar-refractivity contribution in [3.8, 4) is 0 Å². The van der Waals surface area contributed by atoms with Crippen LogP contribution < -0.4 is 5.73 Å². The fraction of sp³-hybridized carbons (Fsp3) is 0.417. The van der Waals surface area contributed by atoms with Crippen molar-refractivity contribution >= 4 is 11.6 Å². The number of nitrogens with zero attached hydrogens (tertiary/aromatic N) is 1. The second-order valence-electron chi connectivity index (χ2n) is 4.03. The van der Waals surface area contributed by atoms with Crippen LogP contribution >= 0.6 is 0 Å². The molecule has 0 aliphatic carbocycles. The first-order chi connectivity index (χ1) is 8.24. The van der Waals surface area contributed by atoms with Crippen molar-refractivity contribution < 1.29 is 18.0 Å². The fourth-order valence-electron chi connectivity index (χ4n) is 1.57. The molecule has 1 amide bonds. The molecule has 2 N–H and O–H groups in total. The first-order valence-electron chi connectivity index (χ1n) is 5.46. The van der Waals surface area contributed by atoms with Gasteiger partial charge in [0.1, 0.15) is 6.54 Å². The quantitative estimate of drug-likeness (QED) is 0.849. The van der Waals surface area contributed by atoms with E-state index in [2.05, 4.69) is 0 Å². The maximum Gasteiger partial charge on any atom is 0.406 e. The van der Waals surface area contributed by atoms with Crippen molar-refractivity contribution in [2.45, 2.75) is 20.0 Å². The number of hydrogen-bond acceptors (Lipinski definition) is 2. The van der Waals surface area contributed by atoms with Crippen LogP contribution in [0.5, 0.6) is 0 Å². The second kappa shape index (κ2) is 5.29. The molecule has 6 heteroatoms. The molecule has 0 saturated heterocycles. The summed E-state index contributed by atoms with van der Waals surface area (Å²) in [5, 5.41) is 0. The Labute approximate surface area is 103 Å². The van der Waals surface area contributed by atoms with E-state index in [1.807, 2.05) is 0 Å². The molecule has 0 spiro atoms. The Morgan fingerprint density at radius 3 is 2.50 bits per heavy atom. The SMILES string of the molecule is CCN(CC(F)(F)F)C(=O)c1cc(C)ccc1N. The van der Waals surface area contributed by atoms with Crippen molar-refractivity contribution in [1.82, 2.24) is 4.90 Å². The van der Waals surface area contributed by atoms with Crippen LogP contribution in [0.3, 0.4) is 0 Å². The highest BCUT2D eigenvalue weighted by atomic mass is 19.4. The van der Waals surface area contributed by atoms with E-state index < -0.39 is 18.6 Å². The number of anilines is 1. The molecule has 0 saturated carbocycles. The third kappa shape index (κ3) is 3.65. The van der Waals surface area contributed by atoms with Gasteiger partial charge in [0.2, 0.25) is 0 Å². The molecular weight excluding hydrogens is 245 g/mol. The number of nitrogens with two attached hydrogens (primary N) is 1. The predicted octanol–water partition coefficient (Wildman–Crippen LogP) is 2.60. The molecule has 0 atom stereocenters. The number of halogens is 3. The zero-order valence-corrected chi connectivity index (χ0v) is 10.2. The van der Waals surface area contributed by atoms with Crippen LogP contribution in [-0.4, -0.2) is 30.1 Å². The molecular formula is C12H15F3N2O. The minimum Gasteiger partial charge on any atom is -0.398 e. The van der Waals surface area contributed by atoms with Crippen molar-refractivity contribution in [3.63, 3.8) is 0 Å². The average Bonchev–Trinajstić information content (AvgIpc) is 2.27. The van der Waals surface area contributed by atoms with E-state index in [4.69, 9.17) is 5.73 Å². The van der Waals surface area contributed by atoms with Crippen LogP contribution in [0, 0.1) is 6.92 Å². The van der Waals surface area contributed by atoms with Crippen LogP contribution in [0.25, 0.3) is 0 Å². The Bertz CT molecular complexity index is 443. The van der Waals surface area contributed by atoms with Gasteiger partial charge in [0.05, 0.1) is 5.56 Å². The fourth-order valence-corrected chi connectivity index (χ4v) is 1.57. The second-order valence-corrected chi connectivity index (χ2v) is 4.03. The molecule has 3 nitrogen and oxygen atoms in total. The number of benzene rings is 1. The summed E-state index contributed by atoms with van der Waals surface area (Å²) in [5.74, 6) is -0.698. The third-order valence-electron chi connectivity index (χ3n) is 2.48. The Hall–Kier alpha value is -1.72. The molecule has 0 radical (unpaired) electrons. The van der Waals surface area contributed by atoms with Gasteiger partial charge in [0, 0.05) is 12.2 Å². The number of amides is 1. The molecule has 1 aromatic carbocycles. The lowest BCUT2D eigenvalue weighted by Crippen LogP contribution is -2.39. The normalized spacial score (nSPS) is 11.4. The predicted molar refractivity (Wildman–Crippen MR) is 63.2 cm³/mol. The number of hydrogen-bond donors (Lipinski definition) is 1. The monoisotopic (exact) mass is 260 g/mol. The van der Waals surface area contributed by atoms with Crippen molar-refractivity contribution in [2.24, 2.45) is 0 Å². The molecule has 0 heterocycles. The zero-order valence-electron chi connectivity index (χ0n) is 10.2. The van der Waals surface area contributed by atoms with Crippen molar-refractivity contribution in [3.05, 3.63) is 29.3 Å². The summed E-state index contributed by atoms with van der Waals surface area (Å²) in [6.45, 7) is 1.95. The molecule has 0 aliphatic heterocycles. The van der Waals surface area contributed by atoms with E-state index in [0.717, 1.165) is 10.5 Å². The Balaban J connectivity index is 3.00. The van der Waals surface area contributed by atoms with Crippen LogP contribution in [0.1, 0.15) is 22.8 Å². The Morgan fingerprint density at radius 2 is 2.00 bits per heavy atom. The standard InChI is InChI=1S/C12H15F3N2O/c1-3-17(7-12(13,14)15)11(18)9-6-8(2)4-5-10(9)16/h4-6H,3,7,16H2,1-2H3. The van der Waals surface area contributed by atoms with E-state index in [-0.39, 0.29) is 17.8 Å². The Morgan fingerprint density at radius 1 is 1.39 bits per heavy atom. The van der Waals surface area contributed by atoms with Crippen LogP contribution in [0.2, 0.25) is 0 Å². The molecule has 0 bridgehead atoms. The number of nitrogen functional groups attached to an aromatic ring is 1. The summed E-state index contributed by atoms with van der Waals surface area (Å²) in [6, 6.07) is 4.72. The van der Waals surface area contributed by atoms with Crippen LogP contribution in [0.4, 0.5) is 18.9 Å². The minimum absolute atomic E-state index is 0.0221. The zero-order chi connectivity index (χ0) is 13.9. The molecule has 0 aliphatic rings. The van der Waals surface area contributed by atoms with Gasteiger partial charge in [0.25, 0.3) is 5.91 Å². The van der Waals surface area contributed by atoms with E-state index in [9.17, 15) is 18.0 Å². The summed E-state index contributed by atoms with van der Waals surface area (Å²) >= 11 is 0. The third-order valence-corrected chi connectivity index (χ3v) is 2.48. The highest BCUT2D eigenvalue weighted by Gasteiger charge is 2.33. The molecule has 0 unspecified atom stereocenters. The lowest BCUT2D eigenvalue weighted by atomic mass is 10.1. The molecule has 0 aromatic heterocycles. The first-order valence-corrected chi connectivity index (χ1v) is 5.46. The minimum atomic E-state index is -4.41. The van der Waals surface area contributed by atoms with Gasteiger partial charge in [-0.15, -0.1) is 0 Å². The summed E-state index contributed by atoms with van der Waals surface area (Å²) in [4.78, 5) is 12.7. The van der Waals surface area contributed by atoms with E-state index in [0.29, 0.717) is 0 Å². The maximum atomic E-state index is 12.3. The van der Waals surface area contributed by atoms with Crippen molar-refractivity contribution in [1.29, 1.82) is 0 Å². The van der Waals surface area contributed by atoms with Crippen LogP contribution in [-0.2, 0) is 0 Å². The van der Waals surface area contributed by atoms with Gasteiger partial charge in [-0.2, -0.15) is 13.2 Å².